The zero-order valence-corrected chi connectivity index (χ0v) is 14.3. The van der Waals surface area contributed by atoms with E-state index >= 15 is 0 Å². The second-order valence-corrected chi connectivity index (χ2v) is 5.99. The van der Waals surface area contributed by atoms with Crippen LogP contribution in [0.15, 0.2) is 30.3 Å². The number of hydrogen-bond acceptors (Lipinski definition) is 4. The number of esters is 1. The van der Waals surface area contributed by atoms with Crippen LogP contribution in [-0.4, -0.2) is 20.2 Å². The lowest BCUT2D eigenvalue weighted by Gasteiger charge is -2.20. The van der Waals surface area contributed by atoms with E-state index in [0.717, 1.165) is 18.4 Å². The molecular weight excluding hydrogens is 304 g/mol. The molecule has 2 aromatic carbocycles. The number of aryl methyl sites for hydroxylation is 1. The van der Waals surface area contributed by atoms with Crippen LogP contribution in [0.1, 0.15) is 39.9 Å². The molecule has 0 atom stereocenters. The monoisotopic (exact) mass is 326 g/mol. The average Bonchev–Trinajstić information content (AvgIpc) is 2.63. The summed E-state index contributed by atoms with van der Waals surface area (Å²) in [5, 5.41) is 0. The molecule has 0 aliphatic heterocycles. The van der Waals surface area contributed by atoms with Crippen LogP contribution in [0.2, 0.25) is 0 Å². The van der Waals surface area contributed by atoms with Crippen molar-refractivity contribution >= 4 is 5.97 Å². The third-order valence-electron chi connectivity index (χ3n) is 4.59. The molecule has 0 saturated carbocycles. The van der Waals surface area contributed by atoms with Crippen molar-refractivity contribution in [1.29, 1.82) is 0 Å². The molecule has 0 fully saturated rings. The Labute approximate surface area is 142 Å². The molecular formula is C20H22O4. The first kappa shape index (κ1) is 16.4. The maximum atomic E-state index is 12.5. The van der Waals surface area contributed by atoms with Crippen molar-refractivity contribution in [2.45, 2.75) is 32.6 Å². The molecule has 1 aliphatic carbocycles. The number of carbonyl (C=O) groups is 1. The van der Waals surface area contributed by atoms with E-state index in [0.29, 0.717) is 22.8 Å². The van der Waals surface area contributed by atoms with Crippen molar-refractivity contribution in [2.75, 3.05) is 14.2 Å². The number of benzene rings is 2. The Morgan fingerprint density at radius 2 is 1.62 bits per heavy atom. The summed E-state index contributed by atoms with van der Waals surface area (Å²) < 4.78 is 16.1. The minimum Gasteiger partial charge on any atom is -0.493 e. The van der Waals surface area contributed by atoms with Crippen molar-refractivity contribution in [1.82, 2.24) is 0 Å². The van der Waals surface area contributed by atoms with E-state index in [4.69, 9.17) is 14.2 Å². The fourth-order valence-electron chi connectivity index (χ4n) is 3.22. The second-order valence-electron chi connectivity index (χ2n) is 5.99. The van der Waals surface area contributed by atoms with Crippen molar-refractivity contribution in [3.8, 4) is 17.2 Å². The fourth-order valence-corrected chi connectivity index (χ4v) is 3.22. The van der Waals surface area contributed by atoms with Gasteiger partial charge in [-0.3, -0.25) is 0 Å². The molecule has 1 aliphatic rings. The lowest BCUT2D eigenvalue weighted by atomic mass is 9.88. The third-order valence-corrected chi connectivity index (χ3v) is 4.59. The normalized spacial score (nSPS) is 13.1. The van der Waals surface area contributed by atoms with E-state index in [-0.39, 0.29) is 0 Å². The molecule has 4 heteroatoms. The molecule has 0 bridgehead atoms. The van der Waals surface area contributed by atoms with Gasteiger partial charge in [-0.05, 0) is 73.6 Å². The van der Waals surface area contributed by atoms with Gasteiger partial charge in [0.15, 0.2) is 11.5 Å². The van der Waals surface area contributed by atoms with E-state index in [1.807, 2.05) is 13.0 Å². The van der Waals surface area contributed by atoms with Crippen LogP contribution in [0, 0.1) is 6.92 Å². The molecule has 0 heterocycles. The zero-order valence-electron chi connectivity index (χ0n) is 14.3. The number of carbonyl (C=O) groups excluding carboxylic acids is 1. The van der Waals surface area contributed by atoms with Crippen molar-refractivity contribution in [3.05, 3.63) is 52.6 Å². The molecule has 0 radical (unpaired) electrons. The standard InChI is InChI=1S/C20H22O4/c1-13-16-7-5-4-6-14(16)8-10-17(13)24-20(21)15-9-11-18(22-2)19(12-15)23-3/h8-12H,4-7H2,1-3H3. The van der Waals surface area contributed by atoms with Crippen LogP contribution in [-0.2, 0) is 12.8 Å². The average molecular weight is 326 g/mol. The summed E-state index contributed by atoms with van der Waals surface area (Å²) in [6.07, 6.45) is 4.60. The van der Waals surface area contributed by atoms with Gasteiger partial charge in [0.05, 0.1) is 19.8 Å². The highest BCUT2D eigenvalue weighted by molar-refractivity contribution is 5.92. The molecule has 0 spiro atoms. The maximum absolute atomic E-state index is 12.5. The van der Waals surface area contributed by atoms with Crippen LogP contribution in [0.25, 0.3) is 0 Å². The number of fused-ring (bicyclic) bond motifs is 1. The van der Waals surface area contributed by atoms with Gasteiger partial charge in [-0.1, -0.05) is 6.07 Å². The molecule has 2 aromatic rings. The smallest absolute Gasteiger partial charge is 0.343 e. The van der Waals surface area contributed by atoms with E-state index < -0.39 is 5.97 Å². The van der Waals surface area contributed by atoms with Gasteiger partial charge in [-0.25, -0.2) is 4.79 Å². The van der Waals surface area contributed by atoms with Gasteiger partial charge < -0.3 is 14.2 Å². The number of rotatable bonds is 4. The predicted molar refractivity (Wildman–Crippen MR) is 92.3 cm³/mol. The van der Waals surface area contributed by atoms with Gasteiger partial charge in [0.2, 0.25) is 0 Å². The highest BCUT2D eigenvalue weighted by Gasteiger charge is 2.18. The first-order valence-corrected chi connectivity index (χ1v) is 8.19. The first-order valence-electron chi connectivity index (χ1n) is 8.19. The molecule has 0 amide bonds. The summed E-state index contributed by atoms with van der Waals surface area (Å²) >= 11 is 0. The van der Waals surface area contributed by atoms with Gasteiger partial charge in [0.1, 0.15) is 5.75 Å². The summed E-state index contributed by atoms with van der Waals surface area (Å²) in [6, 6.07) is 9.00. The van der Waals surface area contributed by atoms with Crippen molar-refractivity contribution in [3.63, 3.8) is 0 Å². The fraction of sp³-hybridized carbons (Fsp3) is 0.350. The minimum atomic E-state index is -0.394. The highest BCUT2D eigenvalue weighted by atomic mass is 16.5. The Bertz CT molecular complexity index is 764. The van der Waals surface area contributed by atoms with E-state index in [2.05, 4.69) is 6.07 Å². The number of methoxy groups -OCH3 is 2. The van der Waals surface area contributed by atoms with E-state index in [9.17, 15) is 4.79 Å². The molecule has 24 heavy (non-hydrogen) atoms. The van der Waals surface area contributed by atoms with Gasteiger partial charge in [0.25, 0.3) is 0 Å². The SMILES string of the molecule is COc1ccc(C(=O)Oc2ccc3c(c2C)CCCC3)cc1OC. The Morgan fingerprint density at radius 3 is 2.38 bits per heavy atom. The lowest BCUT2D eigenvalue weighted by Crippen LogP contribution is -2.12. The van der Waals surface area contributed by atoms with E-state index in [1.165, 1.54) is 24.0 Å². The number of ether oxygens (including phenoxy) is 3. The number of hydrogen-bond donors (Lipinski definition) is 0. The lowest BCUT2D eigenvalue weighted by molar-refractivity contribution is 0.0733. The molecule has 0 aromatic heterocycles. The third kappa shape index (κ3) is 3.09. The summed E-state index contributed by atoms with van der Waals surface area (Å²) in [7, 11) is 3.10. The summed E-state index contributed by atoms with van der Waals surface area (Å²) in [5.41, 5.74) is 4.22. The maximum Gasteiger partial charge on any atom is 0.343 e. The molecule has 0 saturated heterocycles. The van der Waals surface area contributed by atoms with Crippen molar-refractivity contribution in [2.24, 2.45) is 0 Å². The summed E-state index contributed by atoms with van der Waals surface area (Å²) in [5.74, 6) is 1.33. The van der Waals surface area contributed by atoms with Gasteiger partial charge in [0, 0.05) is 0 Å². The predicted octanol–water partition coefficient (Wildman–Crippen LogP) is 4.11. The topological polar surface area (TPSA) is 44.8 Å². The minimum absolute atomic E-state index is 0.394. The second kappa shape index (κ2) is 6.95. The zero-order chi connectivity index (χ0) is 17.1. The largest absolute Gasteiger partial charge is 0.493 e. The summed E-state index contributed by atoms with van der Waals surface area (Å²) in [6.45, 7) is 2.03. The van der Waals surface area contributed by atoms with Crippen LogP contribution < -0.4 is 14.2 Å². The van der Waals surface area contributed by atoms with Gasteiger partial charge >= 0.3 is 5.97 Å². The Morgan fingerprint density at radius 1 is 0.917 bits per heavy atom. The first-order chi connectivity index (χ1) is 11.6. The van der Waals surface area contributed by atoms with Crippen molar-refractivity contribution < 1.29 is 19.0 Å². The van der Waals surface area contributed by atoms with Crippen LogP contribution in [0.4, 0.5) is 0 Å². The van der Waals surface area contributed by atoms with Crippen LogP contribution >= 0.6 is 0 Å². The van der Waals surface area contributed by atoms with Gasteiger partial charge in [-0.2, -0.15) is 0 Å². The van der Waals surface area contributed by atoms with Crippen LogP contribution in [0.5, 0.6) is 17.2 Å². The molecule has 126 valence electrons. The molecule has 0 unspecified atom stereocenters. The Hall–Kier alpha value is -2.49. The summed E-state index contributed by atoms with van der Waals surface area (Å²) in [4.78, 5) is 12.5. The quantitative estimate of drug-likeness (QED) is 0.626. The molecule has 0 N–H and O–H groups in total. The van der Waals surface area contributed by atoms with E-state index in [1.54, 1.807) is 32.4 Å². The molecule has 3 rings (SSSR count). The Kier molecular flexibility index (Phi) is 4.74. The van der Waals surface area contributed by atoms with Gasteiger partial charge in [-0.15, -0.1) is 0 Å². The highest BCUT2D eigenvalue weighted by Crippen LogP contribution is 2.32. The Balaban J connectivity index is 1.85. The van der Waals surface area contributed by atoms with Crippen LogP contribution in [0.3, 0.4) is 0 Å². The molecule has 4 nitrogen and oxygen atoms in total.